The van der Waals surface area contributed by atoms with Crippen molar-refractivity contribution >= 4 is 11.4 Å². The molecule has 2 unspecified atom stereocenters. The van der Waals surface area contributed by atoms with Crippen LogP contribution >= 0.6 is 0 Å². The van der Waals surface area contributed by atoms with E-state index in [0.717, 1.165) is 0 Å². The summed E-state index contributed by atoms with van der Waals surface area (Å²) < 4.78 is 10.8. The Kier molecular flexibility index (Phi) is 4.73. The van der Waals surface area contributed by atoms with Crippen molar-refractivity contribution in [2.75, 3.05) is 31.7 Å². The molecule has 0 N–H and O–H groups in total. The van der Waals surface area contributed by atoms with E-state index in [1.54, 1.807) is 19.2 Å². The van der Waals surface area contributed by atoms with E-state index in [-0.39, 0.29) is 23.5 Å². The lowest BCUT2D eigenvalue weighted by atomic mass is 10.1. The molecule has 0 spiro atoms. The molecule has 1 aromatic carbocycles. The average molecular weight is 291 g/mol. The Labute approximate surface area is 122 Å². The number of anilines is 1. The molecule has 1 aliphatic rings. The van der Waals surface area contributed by atoms with Gasteiger partial charge in [0.2, 0.25) is 0 Å². The van der Waals surface area contributed by atoms with E-state index < -0.39 is 4.92 Å². The molecule has 0 aliphatic carbocycles. The minimum Gasteiger partial charge on any atom is -0.382 e. The average Bonchev–Trinajstić information content (AvgIpc) is 2.46. The number of nitro benzene ring substituents is 1. The van der Waals surface area contributed by atoms with E-state index in [2.05, 4.69) is 0 Å². The largest absolute Gasteiger partial charge is 0.382 e. The van der Waals surface area contributed by atoms with Gasteiger partial charge in [0.15, 0.2) is 0 Å². The van der Waals surface area contributed by atoms with Gasteiger partial charge >= 0.3 is 0 Å². The van der Waals surface area contributed by atoms with Crippen LogP contribution in [-0.2, 0) is 9.47 Å². The Bertz CT molecular complexity index is 570. The fourth-order valence-electron chi connectivity index (χ4n) is 2.53. The molecule has 1 aromatic rings. The summed E-state index contributed by atoms with van der Waals surface area (Å²) in [6, 6.07) is 6.44. The molecule has 1 saturated heterocycles. The fourth-order valence-corrected chi connectivity index (χ4v) is 2.53. The first-order valence-corrected chi connectivity index (χ1v) is 6.63. The van der Waals surface area contributed by atoms with E-state index in [4.69, 9.17) is 14.7 Å². The van der Waals surface area contributed by atoms with E-state index in [0.29, 0.717) is 25.4 Å². The normalized spacial score (nSPS) is 21.9. The van der Waals surface area contributed by atoms with Crippen molar-refractivity contribution in [3.8, 4) is 6.07 Å². The summed E-state index contributed by atoms with van der Waals surface area (Å²) in [5.41, 5.74) is 0.731. The first kappa shape index (κ1) is 15.2. The van der Waals surface area contributed by atoms with Crippen LogP contribution in [0.5, 0.6) is 0 Å². The zero-order valence-corrected chi connectivity index (χ0v) is 12.0. The molecule has 1 fully saturated rings. The number of benzene rings is 1. The number of rotatable bonds is 4. The van der Waals surface area contributed by atoms with Gasteiger partial charge in [-0.25, -0.2) is 0 Å². The fraction of sp³-hybridized carbons (Fsp3) is 0.500. The Morgan fingerprint density at radius 2 is 2.33 bits per heavy atom. The summed E-state index contributed by atoms with van der Waals surface area (Å²) >= 11 is 0. The second-order valence-corrected chi connectivity index (χ2v) is 5.00. The third-order valence-corrected chi connectivity index (χ3v) is 3.32. The smallest absolute Gasteiger partial charge is 0.293 e. The van der Waals surface area contributed by atoms with Gasteiger partial charge in [-0.15, -0.1) is 0 Å². The van der Waals surface area contributed by atoms with Crippen molar-refractivity contribution in [2.45, 2.75) is 19.1 Å². The molecule has 21 heavy (non-hydrogen) atoms. The zero-order valence-electron chi connectivity index (χ0n) is 12.0. The Balaban J connectivity index is 2.32. The summed E-state index contributed by atoms with van der Waals surface area (Å²) in [6.45, 7) is 3.44. The van der Waals surface area contributed by atoms with Crippen molar-refractivity contribution < 1.29 is 14.4 Å². The second-order valence-electron chi connectivity index (χ2n) is 5.00. The summed E-state index contributed by atoms with van der Waals surface area (Å²) in [7, 11) is 1.59. The van der Waals surface area contributed by atoms with Gasteiger partial charge in [-0.3, -0.25) is 10.1 Å². The standard InChI is InChI=1S/C14H17N3O4/c1-10-7-16(8-12(21-10)9-20-2)13-4-3-11(6-15)5-14(13)17(18)19/h3-5,10,12H,7-9H2,1-2H3. The van der Waals surface area contributed by atoms with Crippen LogP contribution in [0.15, 0.2) is 18.2 Å². The summed E-state index contributed by atoms with van der Waals surface area (Å²) in [6.07, 6.45) is -0.178. The lowest BCUT2D eigenvalue weighted by Gasteiger charge is -2.37. The molecule has 112 valence electrons. The maximum absolute atomic E-state index is 11.2. The number of nitro groups is 1. The zero-order chi connectivity index (χ0) is 15.4. The number of ether oxygens (including phenoxy) is 2. The maximum atomic E-state index is 11.2. The highest BCUT2D eigenvalue weighted by molar-refractivity contribution is 5.66. The van der Waals surface area contributed by atoms with Gasteiger partial charge in [0.05, 0.1) is 35.4 Å². The first-order valence-electron chi connectivity index (χ1n) is 6.63. The molecule has 0 radical (unpaired) electrons. The van der Waals surface area contributed by atoms with Gasteiger partial charge in [-0.05, 0) is 19.1 Å². The van der Waals surface area contributed by atoms with Crippen LogP contribution in [0.25, 0.3) is 0 Å². The highest BCUT2D eigenvalue weighted by Gasteiger charge is 2.29. The van der Waals surface area contributed by atoms with Crippen molar-refractivity contribution in [1.82, 2.24) is 0 Å². The molecule has 7 nitrogen and oxygen atoms in total. The van der Waals surface area contributed by atoms with E-state index in [1.165, 1.54) is 6.07 Å². The quantitative estimate of drug-likeness (QED) is 0.619. The van der Waals surface area contributed by atoms with Crippen LogP contribution in [0.4, 0.5) is 11.4 Å². The SMILES string of the molecule is COCC1CN(c2ccc(C#N)cc2[N+](=O)[O-])CC(C)O1. The van der Waals surface area contributed by atoms with Crippen LogP contribution in [0.1, 0.15) is 12.5 Å². The Morgan fingerprint density at radius 1 is 1.57 bits per heavy atom. The van der Waals surface area contributed by atoms with Crippen LogP contribution < -0.4 is 4.90 Å². The van der Waals surface area contributed by atoms with Crippen molar-refractivity contribution in [3.63, 3.8) is 0 Å². The number of morpholine rings is 1. The monoisotopic (exact) mass is 291 g/mol. The third-order valence-electron chi connectivity index (χ3n) is 3.32. The lowest BCUT2D eigenvalue weighted by Crippen LogP contribution is -2.48. The Hall–Kier alpha value is -2.17. The highest BCUT2D eigenvalue weighted by Crippen LogP contribution is 2.31. The van der Waals surface area contributed by atoms with E-state index in [9.17, 15) is 10.1 Å². The molecule has 0 aromatic heterocycles. The van der Waals surface area contributed by atoms with Gasteiger partial charge < -0.3 is 14.4 Å². The number of nitriles is 1. The molecule has 0 saturated carbocycles. The lowest BCUT2D eigenvalue weighted by molar-refractivity contribution is -0.384. The molecule has 0 amide bonds. The second kappa shape index (κ2) is 6.52. The number of nitrogens with zero attached hydrogens (tertiary/aromatic N) is 3. The molecule has 7 heteroatoms. The molecular weight excluding hydrogens is 274 g/mol. The highest BCUT2D eigenvalue weighted by atomic mass is 16.6. The topological polar surface area (TPSA) is 88.6 Å². The third kappa shape index (κ3) is 3.48. The molecule has 0 bridgehead atoms. The van der Waals surface area contributed by atoms with Crippen molar-refractivity contribution in [3.05, 3.63) is 33.9 Å². The van der Waals surface area contributed by atoms with Crippen molar-refractivity contribution in [1.29, 1.82) is 5.26 Å². The van der Waals surface area contributed by atoms with Crippen LogP contribution in [-0.4, -0.2) is 43.9 Å². The van der Waals surface area contributed by atoms with Crippen molar-refractivity contribution in [2.24, 2.45) is 0 Å². The van der Waals surface area contributed by atoms with Crippen LogP contribution in [0, 0.1) is 21.4 Å². The predicted molar refractivity (Wildman–Crippen MR) is 76.2 cm³/mol. The van der Waals surface area contributed by atoms with E-state index >= 15 is 0 Å². The maximum Gasteiger partial charge on any atom is 0.293 e. The van der Waals surface area contributed by atoms with Gasteiger partial charge in [-0.2, -0.15) is 5.26 Å². The minimum atomic E-state index is -0.457. The number of methoxy groups -OCH3 is 1. The molecule has 1 aliphatic heterocycles. The predicted octanol–water partition coefficient (Wildman–Crippen LogP) is 1.71. The minimum absolute atomic E-state index is 0.0471. The number of hydrogen-bond donors (Lipinski definition) is 0. The van der Waals surface area contributed by atoms with Gasteiger partial charge in [0.1, 0.15) is 5.69 Å². The molecular formula is C14H17N3O4. The van der Waals surface area contributed by atoms with Gasteiger partial charge in [-0.1, -0.05) is 0 Å². The molecule has 2 atom stereocenters. The van der Waals surface area contributed by atoms with Crippen LogP contribution in [0.2, 0.25) is 0 Å². The summed E-state index contributed by atoms with van der Waals surface area (Å²) in [5.74, 6) is 0. The Morgan fingerprint density at radius 3 is 2.95 bits per heavy atom. The van der Waals surface area contributed by atoms with Crippen LogP contribution in [0.3, 0.4) is 0 Å². The summed E-state index contributed by atoms with van der Waals surface area (Å²) in [5, 5.41) is 20.1. The molecule has 2 rings (SSSR count). The molecule has 1 heterocycles. The first-order chi connectivity index (χ1) is 10.0. The number of hydrogen-bond acceptors (Lipinski definition) is 6. The van der Waals surface area contributed by atoms with E-state index in [1.807, 2.05) is 17.9 Å². The van der Waals surface area contributed by atoms with Gasteiger partial charge in [0, 0.05) is 26.3 Å². The van der Waals surface area contributed by atoms with Gasteiger partial charge in [0.25, 0.3) is 5.69 Å². The summed E-state index contributed by atoms with van der Waals surface area (Å²) in [4.78, 5) is 12.7.